The van der Waals surface area contributed by atoms with Crippen molar-refractivity contribution in [3.05, 3.63) is 36.3 Å². The molecule has 1 aromatic heterocycles. The highest BCUT2D eigenvalue weighted by Gasteiger charge is 2.79. The van der Waals surface area contributed by atoms with Gasteiger partial charge in [-0.15, -0.1) is 0 Å². The quantitative estimate of drug-likeness (QED) is 0.557. The summed E-state index contributed by atoms with van der Waals surface area (Å²) >= 11 is 0. The third kappa shape index (κ3) is 2.58. The molecule has 1 spiro atoms. The topological polar surface area (TPSA) is 65.7 Å². The van der Waals surface area contributed by atoms with E-state index in [0.29, 0.717) is 5.92 Å². The van der Waals surface area contributed by atoms with Crippen molar-refractivity contribution in [2.24, 2.45) is 28.1 Å². The number of furan rings is 1. The molecule has 152 valence electrons. The van der Waals surface area contributed by atoms with Gasteiger partial charge in [0.15, 0.2) is 0 Å². The molecule has 0 N–H and O–H groups in total. The van der Waals surface area contributed by atoms with Crippen LogP contribution in [0.2, 0.25) is 0 Å². The van der Waals surface area contributed by atoms with Gasteiger partial charge >= 0.3 is 11.9 Å². The van der Waals surface area contributed by atoms with Gasteiger partial charge in [0.05, 0.1) is 25.1 Å². The Balaban J connectivity index is 1.73. The van der Waals surface area contributed by atoms with Gasteiger partial charge < -0.3 is 13.9 Å². The summed E-state index contributed by atoms with van der Waals surface area (Å²) in [7, 11) is 1.47. The summed E-state index contributed by atoms with van der Waals surface area (Å²) in [5.41, 5.74) is 0.390. The zero-order valence-corrected chi connectivity index (χ0v) is 17.2. The first-order valence-electron chi connectivity index (χ1n) is 10.3. The van der Waals surface area contributed by atoms with Crippen LogP contribution < -0.4 is 0 Å². The van der Waals surface area contributed by atoms with Crippen LogP contribution in [-0.4, -0.2) is 25.2 Å². The molecular formula is C23H30O5. The van der Waals surface area contributed by atoms with Crippen LogP contribution in [0.4, 0.5) is 0 Å². The zero-order valence-electron chi connectivity index (χ0n) is 17.2. The monoisotopic (exact) mass is 386 g/mol. The number of aryl methyl sites for hydroxylation is 1. The van der Waals surface area contributed by atoms with Crippen LogP contribution in [0, 0.1) is 28.1 Å². The molecule has 1 heterocycles. The molecule has 0 aromatic carbocycles. The van der Waals surface area contributed by atoms with Crippen molar-refractivity contribution in [1.29, 1.82) is 0 Å². The Labute approximate surface area is 166 Å². The lowest BCUT2D eigenvalue weighted by atomic mass is 9.50. The normalized spacial score (nSPS) is 40.9. The Bertz CT molecular complexity index is 796. The molecule has 1 aromatic rings. The average Bonchev–Trinajstić information content (AvgIpc) is 3.04. The lowest BCUT2D eigenvalue weighted by Gasteiger charge is -2.55. The lowest BCUT2D eigenvalue weighted by Crippen LogP contribution is -2.54. The van der Waals surface area contributed by atoms with Crippen LogP contribution in [0.5, 0.6) is 0 Å². The molecule has 2 fully saturated rings. The highest BCUT2D eigenvalue weighted by atomic mass is 16.5. The van der Waals surface area contributed by atoms with Gasteiger partial charge in [-0.3, -0.25) is 9.59 Å². The largest absolute Gasteiger partial charge is 0.472 e. The summed E-state index contributed by atoms with van der Waals surface area (Å²) in [6.45, 7) is 6.08. The van der Waals surface area contributed by atoms with Crippen molar-refractivity contribution in [1.82, 2.24) is 0 Å². The fraction of sp³-hybridized carbons (Fsp3) is 0.652. The SMILES string of the molecule is COC(=O)[C@@]12C=CC(OC(C)=O)C3[C@@](C)(CCc4ccoc4)C(C)CC[C@]31C2. The fourth-order valence-corrected chi connectivity index (χ4v) is 6.41. The summed E-state index contributed by atoms with van der Waals surface area (Å²) < 4.78 is 16.2. The Morgan fingerprint density at radius 3 is 2.79 bits per heavy atom. The van der Waals surface area contributed by atoms with E-state index >= 15 is 0 Å². The average molecular weight is 386 g/mol. The summed E-state index contributed by atoms with van der Waals surface area (Å²) in [5, 5.41) is 0. The van der Waals surface area contributed by atoms with Crippen LogP contribution in [0.15, 0.2) is 35.2 Å². The highest BCUT2D eigenvalue weighted by Crippen LogP contribution is 2.79. The zero-order chi connectivity index (χ0) is 20.2. The Kier molecular flexibility index (Phi) is 4.48. The molecule has 0 bridgehead atoms. The third-order valence-electron chi connectivity index (χ3n) is 8.10. The minimum Gasteiger partial charge on any atom is -0.472 e. The molecule has 6 atom stereocenters. The third-order valence-corrected chi connectivity index (χ3v) is 8.10. The van der Waals surface area contributed by atoms with Gasteiger partial charge in [0.1, 0.15) is 6.10 Å². The summed E-state index contributed by atoms with van der Waals surface area (Å²) in [4.78, 5) is 24.6. The van der Waals surface area contributed by atoms with E-state index in [2.05, 4.69) is 13.8 Å². The Morgan fingerprint density at radius 1 is 1.36 bits per heavy atom. The van der Waals surface area contributed by atoms with Crippen molar-refractivity contribution in [2.45, 2.75) is 59.0 Å². The van der Waals surface area contributed by atoms with Crippen LogP contribution in [0.1, 0.15) is 52.0 Å². The van der Waals surface area contributed by atoms with E-state index in [9.17, 15) is 9.59 Å². The highest BCUT2D eigenvalue weighted by molar-refractivity contribution is 5.85. The van der Waals surface area contributed by atoms with Gasteiger partial charge in [-0.05, 0) is 66.6 Å². The van der Waals surface area contributed by atoms with E-state index in [1.54, 1.807) is 12.5 Å². The molecule has 3 aliphatic rings. The van der Waals surface area contributed by atoms with Gasteiger partial charge in [-0.25, -0.2) is 0 Å². The van der Waals surface area contributed by atoms with Crippen LogP contribution in [0.25, 0.3) is 0 Å². The first-order chi connectivity index (χ1) is 13.3. The molecule has 0 radical (unpaired) electrons. The van der Waals surface area contributed by atoms with Gasteiger partial charge in [-0.2, -0.15) is 0 Å². The van der Waals surface area contributed by atoms with E-state index in [4.69, 9.17) is 13.9 Å². The van der Waals surface area contributed by atoms with E-state index < -0.39 is 5.41 Å². The molecule has 0 saturated heterocycles. The maximum absolute atomic E-state index is 12.8. The molecule has 3 aliphatic carbocycles. The van der Waals surface area contributed by atoms with E-state index in [-0.39, 0.29) is 34.8 Å². The van der Waals surface area contributed by atoms with Crippen LogP contribution in [-0.2, 0) is 25.5 Å². The number of methoxy groups -OCH3 is 1. The second kappa shape index (κ2) is 6.50. The molecule has 28 heavy (non-hydrogen) atoms. The second-order valence-electron chi connectivity index (χ2n) is 9.28. The molecule has 3 unspecified atom stereocenters. The molecular weight excluding hydrogens is 356 g/mol. The van der Waals surface area contributed by atoms with E-state index in [1.165, 1.54) is 19.6 Å². The minimum absolute atomic E-state index is 0.0594. The van der Waals surface area contributed by atoms with Crippen LogP contribution >= 0.6 is 0 Å². The first kappa shape index (κ1) is 19.3. The molecule has 0 aliphatic heterocycles. The van der Waals surface area contributed by atoms with Crippen molar-refractivity contribution in [3.63, 3.8) is 0 Å². The van der Waals surface area contributed by atoms with Crippen molar-refractivity contribution in [3.8, 4) is 0 Å². The van der Waals surface area contributed by atoms with Gasteiger partial charge in [-0.1, -0.05) is 19.9 Å². The summed E-state index contributed by atoms with van der Waals surface area (Å²) in [6, 6.07) is 2.01. The summed E-state index contributed by atoms with van der Waals surface area (Å²) in [6.07, 6.45) is 11.8. The Hall–Kier alpha value is -2.04. The fourth-order valence-electron chi connectivity index (χ4n) is 6.41. The predicted octanol–water partition coefficient (Wildman–Crippen LogP) is 4.32. The minimum atomic E-state index is -0.555. The Morgan fingerprint density at radius 2 is 2.14 bits per heavy atom. The number of esters is 2. The van der Waals surface area contributed by atoms with Gasteiger partial charge in [0.2, 0.25) is 0 Å². The van der Waals surface area contributed by atoms with Crippen molar-refractivity contribution >= 4 is 11.9 Å². The number of carbonyl (C=O) groups excluding carboxylic acids is 2. The van der Waals surface area contributed by atoms with E-state index in [0.717, 1.165) is 32.1 Å². The smallest absolute Gasteiger partial charge is 0.316 e. The second-order valence-corrected chi connectivity index (χ2v) is 9.28. The first-order valence-corrected chi connectivity index (χ1v) is 10.3. The molecule has 0 amide bonds. The maximum atomic E-state index is 12.8. The van der Waals surface area contributed by atoms with Crippen LogP contribution in [0.3, 0.4) is 0 Å². The number of ether oxygens (including phenoxy) is 2. The van der Waals surface area contributed by atoms with Gasteiger partial charge in [0, 0.05) is 12.8 Å². The molecule has 5 nitrogen and oxygen atoms in total. The lowest BCUT2D eigenvalue weighted by molar-refractivity contribution is -0.163. The van der Waals surface area contributed by atoms with E-state index in [1.807, 2.05) is 18.2 Å². The molecule has 2 saturated carbocycles. The standard InChI is InChI=1S/C23H30O5/c1-15-5-10-22-14-23(22,20(25)26-4)11-7-18(28-16(2)24)19(22)21(15,3)9-6-17-8-12-27-13-17/h7-8,11-13,15,18-19H,5-6,9-10,14H2,1-4H3/t15?,18?,19?,21-,22-,23-/m0/s1. The number of carbonyl (C=O) groups is 2. The summed E-state index contributed by atoms with van der Waals surface area (Å²) in [5.74, 6) is 0.146. The number of hydrogen-bond donors (Lipinski definition) is 0. The van der Waals surface area contributed by atoms with Gasteiger partial charge in [0.25, 0.3) is 0 Å². The maximum Gasteiger partial charge on any atom is 0.316 e. The van der Waals surface area contributed by atoms with Crippen molar-refractivity contribution in [2.75, 3.05) is 7.11 Å². The molecule has 4 rings (SSSR count). The predicted molar refractivity (Wildman–Crippen MR) is 103 cm³/mol. The number of hydrogen-bond acceptors (Lipinski definition) is 5. The van der Waals surface area contributed by atoms with Crippen molar-refractivity contribution < 1.29 is 23.5 Å². The molecule has 5 heteroatoms. The number of rotatable bonds is 5.